The highest BCUT2D eigenvalue weighted by molar-refractivity contribution is 5.93. The standard InChI is InChI=1S/C13H20N2O4/c1-8(2)15-11-5-10(19-7-9(3)16)6-14-12(11)13(17)18-4/h5-6,8-9,15-16H,7H2,1-4H3. The first-order valence-corrected chi connectivity index (χ1v) is 6.09. The van der Waals surface area contributed by atoms with Crippen molar-refractivity contribution in [2.24, 2.45) is 0 Å². The predicted octanol–water partition coefficient (Wildman–Crippen LogP) is 1.45. The zero-order chi connectivity index (χ0) is 14.4. The van der Waals surface area contributed by atoms with Gasteiger partial charge in [-0.15, -0.1) is 0 Å². The van der Waals surface area contributed by atoms with Gasteiger partial charge in [0.05, 0.1) is 25.1 Å². The number of aliphatic hydroxyl groups excluding tert-OH is 1. The third kappa shape index (κ3) is 4.75. The highest BCUT2D eigenvalue weighted by Gasteiger charge is 2.15. The Morgan fingerprint density at radius 2 is 2.16 bits per heavy atom. The second kappa shape index (κ2) is 6.94. The summed E-state index contributed by atoms with van der Waals surface area (Å²) in [6, 6.07) is 1.80. The smallest absolute Gasteiger partial charge is 0.358 e. The summed E-state index contributed by atoms with van der Waals surface area (Å²) in [6.07, 6.45) is 0.863. The van der Waals surface area contributed by atoms with Crippen LogP contribution < -0.4 is 10.1 Å². The minimum Gasteiger partial charge on any atom is -0.489 e. The van der Waals surface area contributed by atoms with Crippen molar-refractivity contribution in [2.75, 3.05) is 19.0 Å². The van der Waals surface area contributed by atoms with Gasteiger partial charge in [-0.25, -0.2) is 9.78 Å². The molecule has 1 heterocycles. The average Bonchev–Trinajstić information content (AvgIpc) is 2.35. The second-order valence-electron chi connectivity index (χ2n) is 4.52. The largest absolute Gasteiger partial charge is 0.489 e. The van der Waals surface area contributed by atoms with Crippen LogP contribution in [0.5, 0.6) is 5.75 Å². The van der Waals surface area contributed by atoms with Crippen LogP contribution in [0.25, 0.3) is 0 Å². The maximum Gasteiger partial charge on any atom is 0.358 e. The van der Waals surface area contributed by atoms with Gasteiger partial charge >= 0.3 is 5.97 Å². The third-order valence-electron chi connectivity index (χ3n) is 2.18. The van der Waals surface area contributed by atoms with E-state index in [4.69, 9.17) is 4.74 Å². The fraction of sp³-hybridized carbons (Fsp3) is 0.538. The number of aliphatic hydroxyl groups is 1. The van der Waals surface area contributed by atoms with Gasteiger partial charge in [-0.2, -0.15) is 0 Å². The molecular weight excluding hydrogens is 248 g/mol. The second-order valence-corrected chi connectivity index (χ2v) is 4.52. The zero-order valence-corrected chi connectivity index (χ0v) is 11.6. The molecule has 0 spiro atoms. The minimum absolute atomic E-state index is 0.136. The van der Waals surface area contributed by atoms with Gasteiger partial charge in [0.2, 0.25) is 0 Å². The highest BCUT2D eigenvalue weighted by Crippen LogP contribution is 2.21. The minimum atomic E-state index is -0.568. The van der Waals surface area contributed by atoms with Crippen LogP contribution in [-0.2, 0) is 4.74 Å². The summed E-state index contributed by atoms with van der Waals surface area (Å²) < 4.78 is 10.0. The number of hydrogen-bond acceptors (Lipinski definition) is 6. The van der Waals surface area contributed by atoms with Crippen LogP contribution in [0.4, 0.5) is 5.69 Å². The molecule has 0 radical (unpaired) electrons. The number of methoxy groups -OCH3 is 1. The van der Waals surface area contributed by atoms with E-state index in [1.807, 2.05) is 13.8 Å². The van der Waals surface area contributed by atoms with Crippen molar-refractivity contribution in [3.05, 3.63) is 18.0 Å². The number of aromatic nitrogens is 1. The van der Waals surface area contributed by atoms with E-state index in [0.717, 1.165) is 0 Å². The van der Waals surface area contributed by atoms with E-state index in [0.29, 0.717) is 11.4 Å². The molecule has 0 amide bonds. The molecule has 0 aliphatic carbocycles. The first kappa shape index (κ1) is 15.2. The predicted molar refractivity (Wildman–Crippen MR) is 71.5 cm³/mol. The number of carbonyl (C=O) groups excluding carboxylic acids is 1. The van der Waals surface area contributed by atoms with Crippen LogP contribution >= 0.6 is 0 Å². The van der Waals surface area contributed by atoms with Gasteiger partial charge < -0.3 is 19.9 Å². The van der Waals surface area contributed by atoms with Crippen LogP contribution in [0.15, 0.2) is 12.3 Å². The van der Waals surface area contributed by atoms with E-state index in [9.17, 15) is 9.90 Å². The average molecular weight is 268 g/mol. The molecule has 6 heteroatoms. The van der Waals surface area contributed by atoms with Gasteiger partial charge in [-0.1, -0.05) is 0 Å². The molecule has 0 aliphatic heterocycles. The Bertz CT molecular complexity index is 433. The van der Waals surface area contributed by atoms with Crippen LogP contribution in [0.1, 0.15) is 31.3 Å². The lowest BCUT2D eigenvalue weighted by Gasteiger charge is -2.15. The molecule has 0 saturated heterocycles. The third-order valence-corrected chi connectivity index (χ3v) is 2.18. The Balaban J connectivity index is 2.97. The molecule has 1 unspecified atom stereocenters. The summed E-state index contributed by atoms with van der Waals surface area (Å²) in [7, 11) is 1.31. The summed E-state index contributed by atoms with van der Waals surface area (Å²) in [6.45, 7) is 5.69. The first-order chi connectivity index (χ1) is 8.93. The van der Waals surface area contributed by atoms with Crippen molar-refractivity contribution in [1.29, 1.82) is 0 Å². The van der Waals surface area contributed by atoms with E-state index in [-0.39, 0.29) is 18.3 Å². The Morgan fingerprint density at radius 3 is 2.68 bits per heavy atom. The van der Waals surface area contributed by atoms with Gasteiger partial charge in [-0.05, 0) is 20.8 Å². The monoisotopic (exact) mass is 268 g/mol. The Hall–Kier alpha value is -1.82. The molecule has 1 rings (SSSR count). The number of rotatable bonds is 6. The summed E-state index contributed by atoms with van der Waals surface area (Å²) in [5.41, 5.74) is 0.755. The normalized spacial score (nSPS) is 12.1. The Kier molecular flexibility index (Phi) is 5.57. The topological polar surface area (TPSA) is 80.7 Å². The Morgan fingerprint density at radius 1 is 1.47 bits per heavy atom. The molecule has 6 nitrogen and oxygen atoms in total. The summed E-state index contributed by atoms with van der Waals surface area (Å²) in [5.74, 6) is -0.0260. The van der Waals surface area contributed by atoms with Crippen molar-refractivity contribution in [3.8, 4) is 5.75 Å². The van der Waals surface area contributed by atoms with Crippen molar-refractivity contribution in [3.63, 3.8) is 0 Å². The molecule has 1 aromatic rings. The molecule has 106 valence electrons. The number of hydrogen-bond donors (Lipinski definition) is 2. The number of esters is 1. The number of nitrogens with one attached hydrogen (secondary N) is 1. The first-order valence-electron chi connectivity index (χ1n) is 6.09. The number of carbonyl (C=O) groups is 1. The molecule has 0 saturated carbocycles. The SMILES string of the molecule is COC(=O)c1ncc(OCC(C)O)cc1NC(C)C. The van der Waals surface area contributed by atoms with E-state index < -0.39 is 12.1 Å². The lowest BCUT2D eigenvalue weighted by atomic mass is 10.2. The molecule has 0 aliphatic rings. The lowest BCUT2D eigenvalue weighted by molar-refractivity contribution is 0.0595. The number of ether oxygens (including phenoxy) is 2. The fourth-order valence-electron chi connectivity index (χ4n) is 1.42. The van der Waals surface area contributed by atoms with Crippen molar-refractivity contribution in [2.45, 2.75) is 32.9 Å². The van der Waals surface area contributed by atoms with E-state index >= 15 is 0 Å². The molecule has 1 aromatic heterocycles. The van der Waals surface area contributed by atoms with Crippen molar-refractivity contribution >= 4 is 11.7 Å². The van der Waals surface area contributed by atoms with Gasteiger partial charge in [0.25, 0.3) is 0 Å². The molecule has 0 bridgehead atoms. The highest BCUT2D eigenvalue weighted by atomic mass is 16.5. The molecule has 2 N–H and O–H groups in total. The number of pyridine rings is 1. The maximum atomic E-state index is 11.6. The van der Waals surface area contributed by atoms with Crippen LogP contribution in [0.2, 0.25) is 0 Å². The maximum absolute atomic E-state index is 11.6. The molecule has 0 fully saturated rings. The molecule has 19 heavy (non-hydrogen) atoms. The van der Waals surface area contributed by atoms with Gasteiger partial charge in [0.1, 0.15) is 12.4 Å². The molecular formula is C13H20N2O4. The van der Waals surface area contributed by atoms with Crippen LogP contribution in [-0.4, -0.2) is 41.9 Å². The molecule has 1 atom stereocenters. The number of anilines is 1. The van der Waals surface area contributed by atoms with Gasteiger partial charge in [0, 0.05) is 12.1 Å². The fourth-order valence-corrected chi connectivity index (χ4v) is 1.42. The zero-order valence-electron chi connectivity index (χ0n) is 11.6. The van der Waals surface area contributed by atoms with Crippen LogP contribution in [0.3, 0.4) is 0 Å². The lowest BCUT2D eigenvalue weighted by Crippen LogP contribution is -2.17. The van der Waals surface area contributed by atoms with Crippen molar-refractivity contribution in [1.82, 2.24) is 4.98 Å². The van der Waals surface area contributed by atoms with E-state index in [2.05, 4.69) is 15.0 Å². The Labute approximate surface area is 112 Å². The molecule has 0 aromatic carbocycles. The van der Waals surface area contributed by atoms with E-state index in [1.165, 1.54) is 13.3 Å². The van der Waals surface area contributed by atoms with Crippen molar-refractivity contribution < 1.29 is 19.4 Å². The summed E-state index contributed by atoms with van der Waals surface area (Å²) in [4.78, 5) is 15.6. The quantitative estimate of drug-likeness (QED) is 0.760. The van der Waals surface area contributed by atoms with Gasteiger partial charge in [0.15, 0.2) is 5.69 Å². The van der Waals surface area contributed by atoms with Crippen LogP contribution in [0, 0.1) is 0 Å². The number of nitrogens with zero attached hydrogens (tertiary/aromatic N) is 1. The summed E-state index contributed by atoms with van der Waals surface area (Å²) in [5, 5.41) is 12.3. The van der Waals surface area contributed by atoms with E-state index in [1.54, 1.807) is 13.0 Å². The van der Waals surface area contributed by atoms with Gasteiger partial charge in [-0.3, -0.25) is 0 Å². The summed E-state index contributed by atoms with van der Waals surface area (Å²) >= 11 is 0.